The van der Waals surface area contributed by atoms with Crippen LogP contribution in [0.15, 0.2) is 88.3 Å². The predicted octanol–water partition coefficient (Wildman–Crippen LogP) is 7.13. The number of phenolic OH excluding ortho intramolecular Hbond substituents is 1. The van der Waals surface area contributed by atoms with E-state index in [0.717, 1.165) is 4.90 Å². The molecule has 0 aliphatic carbocycles. The largest absolute Gasteiger partial charge is 0.508 e. The highest BCUT2D eigenvalue weighted by Crippen LogP contribution is 2.35. The number of amides is 2. The van der Waals surface area contributed by atoms with Crippen LogP contribution in [-0.2, 0) is 14.3 Å². The van der Waals surface area contributed by atoms with Crippen LogP contribution in [0.2, 0.25) is 0 Å². The van der Waals surface area contributed by atoms with Gasteiger partial charge in [-0.2, -0.15) is 0 Å². The Morgan fingerprint density at radius 3 is 2.54 bits per heavy atom. The lowest BCUT2D eigenvalue weighted by atomic mass is 9.99. The number of nitrogens with two attached hydrogens (primary N) is 1. The molecule has 0 fully saturated rings. The lowest BCUT2D eigenvalue weighted by Gasteiger charge is -2.28. The summed E-state index contributed by atoms with van der Waals surface area (Å²) in [6, 6.07) is 19.3. The average molecular weight is 615 g/mol. The molecule has 3 rings (SSSR count). The third-order valence-electron chi connectivity index (χ3n) is 5.69. The molecule has 0 spiro atoms. The quantitative estimate of drug-likeness (QED) is 0.0973. The Labute approximate surface area is 241 Å². The number of carbonyl (C=O) groups is 2. The minimum Gasteiger partial charge on any atom is -0.508 e. The van der Waals surface area contributed by atoms with Crippen LogP contribution >= 0.6 is 27.7 Å². The second-order valence-corrected chi connectivity index (χ2v) is 10.2. The Morgan fingerprint density at radius 1 is 1.10 bits per heavy atom. The first-order valence-electron chi connectivity index (χ1n) is 12.3. The van der Waals surface area contributed by atoms with Crippen LogP contribution < -0.4 is 16.4 Å². The lowest BCUT2D eigenvalue weighted by molar-refractivity contribution is -0.111. The first-order chi connectivity index (χ1) is 18.8. The fourth-order valence-electron chi connectivity index (χ4n) is 3.80. The van der Waals surface area contributed by atoms with E-state index in [-0.39, 0.29) is 11.7 Å². The molecule has 206 valence electrons. The molecule has 0 saturated heterocycles. The number of allylic oxidation sites excluding steroid dienone is 1. The van der Waals surface area contributed by atoms with Crippen molar-refractivity contribution in [2.24, 2.45) is 0 Å². The number of hydrogen-bond acceptors (Lipinski definition) is 7. The molecule has 3 aromatic rings. The van der Waals surface area contributed by atoms with Crippen LogP contribution in [0.5, 0.6) is 5.75 Å². The zero-order chi connectivity index (χ0) is 28.2. The SMILES string of the molecule is CCO[C@H](CC/C=C/C(=O)Nc1ccccc1N)[C@H](OC(=O)Nc1ccc(SC)cc1)c1cc(Br)ccc1O. The summed E-state index contributed by atoms with van der Waals surface area (Å²) in [6.07, 6.45) is 3.78. The molecule has 0 aromatic heterocycles. The van der Waals surface area contributed by atoms with Gasteiger partial charge in [-0.15, -0.1) is 11.8 Å². The molecule has 39 heavy (non-hydrogen) atoms. The van der Waals surface area contributed by atoms with E-state index in [1.165, 1.54) is 12.1 Å². The summed E-state index contributed by atoms with van der Waals surface area (Å²) in [4.78, 5) is 26.3. The monoisotopic (exact) mass is 613 g/mol. The van der Waals surface area contributed by atoms with Gasteiger partial charge in [0.15, 0.2) is 6.10 Å². The molecule has 0 radical (unpaired) electrons. The van der Waals surface area contributed by atoms with Crippen LogP contribution in [0.3, 0.4) is 0 Å². The normalized spacial score (nSPS) is 12.6. The third kappa shape index (κ3) is 9.35. The molecule has 0 unspecified atom stereocenters. The Kier molecular flexibility index (Phi) is 11.7. The van der Waals surface area contributed by atoms with Gasteiger partial charge in [0.25, 0.3) is 0 Å². The van der Waals surface area contributed by atoms with Crippen molar-refractivity contribution < 1.29 is 24.2 Å². The molecule has 0 heterocycles. The molecule has 10 heteroatoms. The Hall–Kier alpha value is -3.47. The lowest BCUT2D eigenvalue weighted by Crippen LogP contribution is -2.29. The van der Waals surface area contributed by atoms with Gasteiger partial charge in [-0.1, -0.05) is 34.1 Å². The molecular weight excluding hydrogens is 582 g/mol. The number of thioether (sulfide) groups is 1. The second-order valence-electron chi connectivity index (χ2n) is 8.43. The number of anilines is 3. The van der Waals surface area contributed by atoms with Gasteiger partial charge in [0.1, 0.15) is 5.75 Å². The molecule has 2 amide bonds. The number of para-hydroxylation sites is 2. The maximum Gasteiger partial charge on any atom is 0.412 e. The van der Waals surface area contributed by atoms with E-state index >= 15 is 0 Å². The van der Waals surface area contributed by atoms with Crippen molar-refractivity contribution in [3.63, 3.8) is 0 Å². The van der Waals surface area contributed by atoms with E-state index in [1.807, 2.05) is 25.3 Å². The van der Waals surface area contributed by atoms with Crippen molar-refractivity contribution in [1.29, 1.82) is 0 Å². The van der Waals surface area contributed by atoms with E-state index in [9.17, 15) is 14.7 Å². The maximum atomic E-state index is 12.9. The zero-order valence-electron chi connectivity index (χ0n) is 21.7. The van der Waals surface area contributed by atoms with Crippen LogP contribution in [0, 0.1) is 0 Å². The summed E-state index contributed by atoms with van der Waals surface area (Å²) in [7, 11) is 0. The first kappa shape index (κ1) is 30.1. The number of aromatic hydroxyl groups is 1. The van der Waals surface area contributed by atoms with Gasteiger partial charge in [0, 0.05) is 27.2 Å². The summed E-state index contributed by atoms with van der Waals surface area (Å²) in [5.74, 6) is -0.342. The van der Waals surface area contributed by atoms with Crippen molar-refractivity contribution in [1.82, 2.24) is 0 Å². The van der Waals surface area contributed by atoms with Crippen LogP contribution in [0.1, 0.15) is 31.4 Å². The number of halogens is 1. The van der Waals surface area contributed by atoms with Gasteiger partial charge < -0.3 is 25.6 Å². The Balaban J connectivity index is 1.73. The minimum absolute atomic E-state index is 0.0274. The smallest absolute Gasteiger partial charge is 0.412 e. The van der Waals surface area contributed by atoms with E-state index in [4.69, 9.17) is 15.2 Å². The van der Waals surface area contributed by atoms with Crippen molar-refractivity contribution in [2.75, 3.05) is 29.2 Å². The first-order valence-corrected chi connectivity index (χ1v) is 14.4. The van der Waals surface area contributed by atoms with E-state index in [0.29, 0.717) is 46.5 Å². The second kappa shape index (κ2) is 15.2. The molecule has 8 nitrogen and oxygen atoms in total. The molecular formula is C29H32BrN3O5S. The summed E-state index contributed by atoms with van der Waals surface area (Å²) in [5, 5.41) is 16.1. The molecule has 3 aromatic carbocycles. The highest BCUT2D eigenvalue weighted by molar-refractivity contribution is 9.10. The number of nitrogens with one attached hydrogen (secondary N) is 2. The van der Waals surface area contributed by atoms with Gasteiger partial charge in [0.05, 0.1) is 17.5 Å². The molecule has 0 saturated carbocycles. The minimum atomic E-state index is -0.917. The molecule has 0 bridgehead atoms. The molecule has 0 aliphatic heterocycles. The highest BCUT2D eigenvalue weighted by Gasteiger charge is 2.30. The summed E-state index contributed by atoms with van der Waals surface area (Å²) in [6.45, 7) is 2.19. The number of hydrogen-bond donors (Lipinski definition) is 4. The predicted molar refractivity (Wildman–Crippen MR) is 160 cm³/mol. The van der Waals surface area contributed by atoms with Crippen LogP contribution in [-0.4, -0.2) is 36.1 Å². The van der Waals surface area contributed by atoms with E-state index in [2.05, 4.69) is 26.6 Å². The van der Waals surface area contributed by atoms with Crippen molar-refractivity contribution in [2.45, 2.75) is 36.9 Å². The van der Waals surface area contributed by atoms with Crippen molar-refractivity contribution >= 4 is 56.8 Å². The number of ether oxygens (including phenoxy) is 2. The van der Waals surface area contributed by atoms with Gasteiger partial charge in [0.2, 0.25) is 5.91 Å². The number of nitrogen functional groups attached to an aromatic ring is 1. The van der Waals surface area contributed by atoms with Gasteiger partial charge >= 0.3 is 6.09 Å². The highest BCUT2D eigenvalue weighted by atomic mass is 79.9. The summed E-state index contributed by atoms with van der Waals surface area (Å²) < 4.78 is 12.5. The summed E-state index contributed by atoms with van der Waals surface area (Å²) in [5.41, 5.74) is 7.87. The Morgan fingerprint density at radius 2 is 1.85 bits per heavy atom. The van der Waals surface area contributed by atoms with Gasteiger partial charge in [-0.05, 0) is 86.7 Å². The van der Waals surface area contributed by atoms with Gasteiger partial charge in [-0.3, -0.25) is 10.1 Å². The van der Waals surface area contributed by atoms with E-state index < -0.39 is 18.3 Å². The molecule has 0 aliphatic rings. The number of carbonyl (C=O) groups excluding carboxylic acids is 2. The van der Waals surface area contributed by atoms with Gasteiger partial charge in [-0.25, -0.2) is 4.79 Å². The zero-order valence-corrected chi connectivity index (χ0v) is 24.1. The molecule has 2 atom stereocenters. The summed E-state index contributed by atoms with van der Waals surface area (Å²) >= 11 is 5.02. The maximum absolute atomic E-state index is 12.9. The van der Waals surface area contributed by atoms with Crippen molar-refractivity contribution in [3.05, 3.63) is 88.9 Å². The van der Waals surface area contributed by atoms with Crippen molar-refractivity contribution in [3.8, 4) is 5.75 Å². The number of benzene rings is 3. The van der Waals surface area contributed by atoms with E-state index in [1.54, 1.807) is 66.4 Å². The standard InChI is InChI=1S/C29H32BrN3O5S/c1-3-37-26(10-6-7-11-27(35)33-24-9-5-4-8-23(24)31)28(22-18-19(30)12-17-25(22)34)38-29(36)32-20-13-15-21(39-2)16-14-20/h4-5,7-9,11-18,26,28,34H,3,6,10,31H2,1-2H3,(H,32,36)(H,33,35)/b11-7+/t26-,28-/m1/s1. The van der Waals surface area contributed by atoms with Crippen LogP contribution in [0.4, 0.5) is 21.9 Å². The number of phenols is 1. The topological polar surface area (TPSA) is 123 Å². The molecule has 5 N–H and O–H groups in total. The third-order valence-corrected chi connectivity index (χ3v) is 6.93. The number of rotatable bonds is 12. The fraction of sp³-hybridized carbons (Fsp3) is 0.241. The Bertz CT molecular complexity index is 1290. The van der Waals surface area contributed by atoms with Crippen LogP contribution in [0.25, 0.3) is 0 Å². The fourth-order valence-corrected chi connectivity index (χ4v) is 4.59. The average Bonchev–Trinajstić information content (AvgIpc) is 2.92.